The summed E-state index contributed by atoms with van der Waals surface area (Å²) in [5.74, 6) is 0.573. The molecule has 0 atom stereocenters. The van der Waals surface area contributed by atoms with E-state index < -0.39 is 7.82 Å². The van der Waals surface area contributed by atoms with Crippen LogP contribution in [0.4, 0.5) is 0 Å². The minimum atomic E-state index is -4.14. The molecule has 0 aliphatic carbocycles. The lowest BCUT2D eigenvalue weighted by Crippen LogP contribution is -1.99. The molecule has 0 fully saturated rings. The normalized spacial score (nSPS) is 10.7. The molecule has 0 bridgehead atoms. The Hall–Kier alpha value is -3.01. The molecule has 1 heterocycles. The van der Waals surface area contributed by atoms with Crippen molar-refractivity contribution < 1.29 is 18.5 Å². The molecule has 3 aromatic carbocycles. The standard InChI is InChI=1S/C12H11O4P.C8H7N/c13-17(14,15-11-7-3-1-4-8-11)16-12-9-5-2-6-10-12;1-2-4-8-7(3-1)5-6-9-8/h1-10H,(H,13,14);1-6,9H. The smallest absolute Gasteiger partial charge is 0.395 e. The molecule has 0 saturated heterocycles. The lowest BCUT2D eigenvalue weighted by molar-refractivity contribution is 0.291. The van der Waals surface area contributed by atoms with E-state index in [1.807, 2.05) is 18.3 Å². The highest BCUT2D eigenvalue weighted by atomic mass is 31.2. The molecule has 6 heteroatoms. The first-order valence-corrected chi connectivity index (χ1v) is 9.46. The van der Waals surface area contributed by atoms with Crippen molar-refractivity contribution in [1.82, 2.24) is 4.98 Å². The summed E-state index contributed by atoms with van der Waals surface area (Å²) < 4.78 is 21.5. The van der Waals surface area contributed by atoms with Crippen molar-refractivity contribution in [2.24, 2.45) is 0 Å². The Morgan fingerprint density at radius 1 is 0.692 bits per heavy atom. The minimum Gasteiger partial charge on any atom is -0.395 e. The molecule has 5 nitrogen and oxygen atoms in total. The van der Waals surface area contributed by atoms with Crippen molar-refractivity contribution in [2.75, 3.05) is 0 Å². The third-order valence-electron chi connectivity index (χ3n) is 3.39. The fraction of sp³-hybridized carbons (Fsp3) is 0. The maximum atomic E-state index is 11.7. The number of hydrogen-bond acceptors (Lipinski definition) is 3. The van der Waals surface area contributed by atoms with Gasteiger partial charge in [0.15, 0.2) is 0 Å². The first-order valence-electron chi connectivity index (χ1n) is 7.97. The van der Waals surface area contributed by atoms with Crippen LogP contribution in [0.15, 0.2) is 97.2 Å². The second-order valence-corrected chi connectivity index (χ2v) is 6.64. The average Bonchev–Trinajstić information content (AvgIpc) is 3.12. The summed E-state index contributed by atoms with van der Waals surface area (Å²) in [5, 5.41) is 1.28. The van der Waals surface area contributed by atoms with E-state index >= 15 is 0 Å². The number of benzene rings is 3. The molecule has 2 N–H and O–H groups in total. The highest BCUT2D eigenvalue weighted by molar-refractivity contribution is 7.48. The summed E-state index contributed by atoms with van der Waals surface area (Å²) in [4.78, 5) is 12.7. The third-order valence-corrected chi connectivity index (χ3v) is 4.27. The van der Waals surface area contributed by atoms with Crippen LogP contribution in [0.5, 0.6) is 11.5 Å². The highest BCUT2D eigenvalue weighted by Crippen LogP contribution is 2.44. The minimum absolute atomic E-state index is 0.286. The Kier molecular flexibility index (Phi) is 5.74. The van der Waals surface area contributed by atoms with E-state index in [1.165, 1.54) is 10.9 Å². The molecule has 0 radical (unpaired) electrons. The third kappa shape index (κ3) is 5.24. The zero-order chi connectivity index (χ0) is 18.2. The maximum absolute atomic E-state index is 11.7. The van der Waals surface area contributed by atoms with Crippen molar-refractivity contribution in [1.29, 1.82) is 0 Å². The molecule has 0 spiro atoms. The molecule has 0 unspecified atom stereocenters. The molecule has 0 saturated carbocycles. The Morgan fingerprint density at radius 2 is 1.19 bits per heavy atom. The summed E-state index contributed by atoms with van der Waals surface area (Å²) >= 11 is 0. The number of nitrogens with one attached hydrogen (secondary N) is 1. The number of fused-ring (bicyclic) bond motifs is 1. The zero-order valence-corrected chi connectivity index (χ0v) is 14.8. The van der Waals surface area contributed by atoms with Crippen LogP contribution in [0.2, 0.25) is 0 Å². The van der Waals surface area contributed by atoms with Gasteiger partial charge in [-0.15, -0.1) is 0 Å². The van der Waals surface area contributed by atoms with Crippen LogP contribution in [0.1, 0.15) is 0 Å². The van der Waals surface area contributed by atoms with Crippen LogP contribution in [0, 0.1) is 0 Å². The van der Waals surface area contributed by atoms with E-state index in [4.69, 9.17) is 9.05 Å². The number of para-hydroxylation sites is 3. The number of phosphoric ester groups is 1. The number of hydrogen-bond donors (Lipinski definition) is 2. The van der Waals surface area contributed by atoms with Gasteiger partial charge in [0.05, 0.1) is 0 Å². The molecule has 4 aromatic rings. The van der Waals surface area contributed by atoms with Crippen molar-refractivity contribution in [2.45, 2.75) is 0 Å². The summed E-state index contributed by atoms with van der Waals surface area (Å²) in [6.07, 6.45) is 1.95. The van der Waals surface area contributed by atoms with Crippen LogP contribution in [0.25, 0.3) is 10.9 Å². The number of phosphoric acid groups is 1. The van der Waals surface area contributed by atoms with Gasteiger partial charge in [-0.05, 0) is 41.8 Å². The average molecular weight is 367 g/mol. The van der Waals surface area contributed by atoms with E-state index in [-0.39, 0.29) is 11.5 Å². The van der Waals surface area contributed by atoms with E-state index in [0.29, 0.717) is 0 Å². The fourth-order valence-corrected chi connectivity index (χ4v) is 3.06. The Bertz CT molecular complexity index is 911. The van der Waals surface area contributed by atoms with E-state index in [0.717, 1.165) is 0 Å². The van der Waals surface area contributed by atoms with Crippen molar-refractivity contribution in [3.05, 3.63) is 97.2 Å². The quantitative estimate of drug-likeness (QED) is 0.473. The van der Waals surface area contributed by atoms with Gasteiger partial charge in [0.2, 0.25) is 0 Å². The van der Waals surface area contributed by atoms with E-state index in [9.17, 15) is 9.46 Å². The summed E-state index contributed by atoms with van der Waals surface area (Å²) in [6.45, 7) is 0. The topological polar surface area (TPSA) is 71.6 Å². The number of aromatic amines is 1. The Labute approximate surface area is 151 Å². The molecule has 1 aromatic heterocycles. The summed E-state index contributed by atoms with van der Waals surface area (Å²) in [7, 11) is -4.14. The SMILES string of the molecule is O=P(O)(Oc1ccccc1)Oc1ccccc1.c1ccc2[nH]ccc2c1. The molecule has 0 amide bonds. The van der Waals surface area contributed by atoms with Crippen molar-refractivity contribution >= 4 is 18.7 Å². The fourth-order valence-electron chi connectivity index (χ4n) is 2.24. The van der Waals surface area contributed by atoms with Crippen molar-refractivity contribution in [3.63, 3.8) is 0 Å². The maximum Gasteiger partial charge on any atom is 0.584 e. The van der Waals surface area contributed by atoms with Crippen molar-refractivity contribution in [3.8, 4) is 11.5 Å². The summed E-state index contributed by atoms with van der Waals surface area (Å²) in [6, 6.07) is 27.0. The molecule has 26 heavy (non-hydrogen) atoms. The highest BCUT2D eigenvalue weighted by Gasteiger charge is 2.24. The molecule has 4 rings (SSSR count). The van der Waals surface area contributed by atoms with Gasteiger partial charge >= 0.3 is 7.82 Å². The molecular formula is C20H18NO4P. The largest absolute Gasteiger partial charge is 0.584 e. The molecule has 132 valence electrons. The van der Waals surface area contributed by atoms with Gasteiger partial charge in [-0.2, -0.15) is 0 Å². The predicted octanol–water partition coefficient (Wildman–Crippen LogP) is 5.41. The van der Waals surface area contributed by atoms with Crippen LogP contribution < -0.4 is 9.05 Å². The Balaban J connectivity index is 0.000000181. The Morgan fingerprint density at radius 3 is 1.73 bits per heavy atom. The van der Waals surface area contributed by atoms with Gasteiger partial charge in [-0.1, -0.05) is 54.6 Å². The van der Waals surface area contributed by atoms with E-state index in [2.05, 4.69) is 23.2 Å². The molecule has 0 aliphatic heterocycles. The molecular weight excluding hydrogens is 349 g/mol. The van der Waals surface area contributed by atoms with Gasteiger partial charge in [0.1, 0.15) is 11.5 Å². The van der Waals surface area contributed by atoms with Gasteiger partial charge in [0, 0.05) is 11.7 Å². The lowest BCUT2D eigenvalue weighted by Gasteiger charge is -2.13. The van der Waals surface area contributed by atoms with Gasteiger partial charge in [0.25, 0.3) is 0 Å². The first-order chi connectivity index (χ1) is 12.6. The number of aromatic nitrogens is 1. The van der Waals surface area contributed by atoms with Gasteiger partial charge in [-0.25, -0.2) is 4.57 Å². The van der Waals surface area contributed by atoms with Crippen LogP contribution >= 0.6 is 7.82 Å². The first kappa shape index (κ1) is 17.8. The van der Waals surface area contributed by atoms with E-state index in [1.54, 1.807) is 60.7 Å². The number of H-pyrrole nitrogens is 1. The lowest BCUT2D eigenvalue weighted by atomic mass is 10.3. The van der Waals surface area contributed by atoms with Crippen LogP contribution in [-0.4, -0.2) is 9.88 Å². The molecule has 0 aliphatic rings. The second-order valence-electron chi connectivity index (χ2n) is 5.34. The summed E-state index contributed by atoms with van der Waals surface area (Å²) in [5.41, 5.74) is 1.21. The van der Waals surface area contributed by atoms with Crippen LogP contribution in [-0.2, 0) is 4.57 Å². The second kappa shape index (κ2) is 8.39. The number of rotatable bonds is 4. The van der Waals surface area contributed by atoms with Gasteiger partial charge in [-0.3, -0.25) is 4.89 Å². The zero-order valence-electron chi connectivity index (χ0n) is 13.9. The predicted molar refractivity (Wildman–Crippen MR) is 102 cm³/mol. The monoisotopic (exact) mass is 367 g/mol. The van der Waals surface area contributed by atoms with Gasteiger partial charge < -0.3 is 14.0 Å². The van der Waals surface area contributed by atoms with Crippen LogP contribution in [0.3, 0.4) is 0 Å².